The molecule has 0 aliphatic heterocycles. The number of aryl methyl sites for hydroxylation is 1. The standard InChI is InChI=1S/C13H19ClN2O3/c1-4-8(2)12(17)7-15-13-9(3)5-10(16(18)19)6-11(13)14/h5-6,8,12,15,17H,4,7H2,1-3H3. The van der Waals surface area contributed by atoms with Gasteiger partial charge in [0.1, 0.15) is 0 Å². The van der Waals surface area contributed by atoms with E-state index in [2.05, 4.69) is 5.32 Å². The molecule has 5 nitrogen and oxygen atoms in total. The lowest BCUT2D eigenvalue weighted by Crippen LogP contribution is -2.26. The van der Waals surface area contributed by atoms with Crippen LogP contribution in [-0.4, -0.2) is 22.7 Å². The smallest absolute Gasteiger partial charge is 0.271 e. The number of aliphatic hydroxyl groups is 1. The summed E-state index contributed by atoms with van der Waals surface area (Å²) < 4.78 is 0. The maximum Gasteiger partial charge on any atom is 0.271 e. The molecule has 0 aromatic heterocycles. The van der Waals surface area contributed by atoms with Crippen molar-refractivity contribution in [3.05, 3.63) is 32.8 Å². The molecule has 0 fully saturated rings. The number of anilines is 1. The van der Waals surface area contributed by atoms with Gasteiger partial charge in [-0.25, -0.2) is 0 Å². The molecule has 19 heavy (non-hydrogen) atoms. The highest BCUT2D eigenvalue weighted by atomic mass is 35.5. The zero-order valence-electron chi connectivity index (χ0n) is 11.3. The molecule has 1 aromatic carbocycles. The summed E-state index contributed by atoms with van der Waals surface area (Å²) in [7, 11) is 0. The van der Waals surface area contributed by atoms with Gasteiger partial charge in [0.05, 0.1) is 21.7 Å². The maximum absolute atomic E-state index is 10.7. The summed E-state index contributed by atoms with van der Waals surface area (Å²) >= 11 is 6.03. The number of nitro benzene ring substituents is 1. The maximum atomic E-state index is 10.7. The van der Waals surface area contributed by atoms with E-state index in [1.165, 1.54) is 12.1 Å². The van der Waals surface area contributed by atoms with E-state index in [0.29, 0.717) is 22.8 Å². The van der Waals surface area contributed by atoms with Crippen molar-refractivity contribution in [3.63, 3.8) is 0 Å². The molecule has 0 heterocycles. The third-order valence-electron chi connectivity index (χ3n) is 3.27. The van der Waals surface area contributed by atoms with Crippen LogP contribution >= 0.6 is 11.6 Å². The number of non-ortho nitro benzene ring substituents is 1. The van der Waals surface area contributed by atoms with Crippen molar-refractivity contribution in [1.29, 1.82) is 0 Å². The van der Waals surface area contributed by atoms with Gasteiger partial charge in [-0.05, 0) is 18.4 Å². The van der Waals surface area contributed by atoms with E-state index in [0.717, 1.165) is 6.42 Å². The Hall–Kier alpha value is -1.33. The molecular weight excluding hydrogens is 268 g/mol. The first-order valence-corrected chi connectivity index (χ1v) is 6.61. The second-order valence-electron chi connectivity index (χ2n) is 4.71. The highest BCUT2D eigenvalue weighted by Gasteiger charge is 2.16. The molecule has 1 rings (SSSR count). The fourth-order valence-corrected chi connectivity index (χ4v) is 2.06. The Kier molecular flexibility index (Phi) is 5.57. The third kappa shape index (κ3) is 4.08. The summed E-state index contributed by atoms with van der Waals surface area (Å²) in [5.74, 6) is 0.185. The lowest BCUT2D eigenvalue weighted by molar-refractivity contribution is -0.384. The van der Waals surface area contributed by atoms with Crippen molar-refractivity contribution < 1.29 is 10.0 Å². The number of nitrogens with zero attached hydrogens (tertiary/aromatic N) is 1. The molecule has 2 unspecified atom stereocenters. The normalized spacial score (nSPS) is 13.9. The van der Waals surface area contributed by atoms with E-state index in [1.807, 2.05) is 13.8 Å². The molecule has 0 aliphatic rings. The number of halogens is 1. The largest absolute Gasteiger partial charge is 0.391 e. The Labute approximate surface area is 117 Å². The lowest BCUT2D eigenvalue weighted by atomic mass is 10.0. The van der Waals surface area contributed by atoms with Gasteiger partial charge in [0.2, 0.25) is 0 Å². The minimum absolute atomic E-state index is 0.0319. The molecule has 0 saturated carbocycles. The molecule has 0 spiro atoms. The van der Waals surface area contributed by atoms with Crippen molar-refractivity contribution in [1.82, 2.24) is 0 Å². The van der Waals surface area contributed by atoms with Crippen LogP contribution < -0.4 is 5.32 Å². The SMILES string of the molecule is CCC(C)C(O)CNc1c(C)cc([N+](=O)[O-])cc1Cl. The van der Waals surface area contributed by atoms with E-state index in [4.69, 9.17) is 11.6 Å². The third-order valence-corrected chi connectivity index (χ3v) is 3.57. The predicted octanol–water partition coefficient (Wildman–Crippen LogP) is 3.38. The average Bonchev–Trinajstić information content (AvgIpc) is 2.36. The summed E-state index contributed by atoms with van der Waals surface area (Å²) in [5, 5.41) is 23.9. The van der Waals surface area contributed by atoms with Crippen LogP contribution in [0.1, 0.15) is 25.8 Å². The van der Waals surface area contributed by atoms with E-state index < -0.39 is 11.0 Å². The molecule has 0 saturated heterocycles. The van der Waals surface area contributed by atoms with Gasteiger partial charge in [0, 0.05) is 18.7 Å². The number of aliphatic hydroxyl groups excluding tert-OH is 1. The van der Waals surface area contributed by atoms with Crippen LogP contribution in [0.15, 0.2) is 12.1 Å². The van der Waals surface area contributed by atoms with Gasteiger partial charge in [-0.3, -0.25) is 10.1 Å². The quantitative estimate of drug-likeness (QED) is 0.621. The zero-order chi connectivity index (χ0) is 14.6. The van der Waals surface area contributed by atoms with Crippen LogP contribution in [0.25, 0.3) is 0 Å². The Bertz CT molecular complexity index is 442. The van der Waals surface area contributed by atoms with Crippen LogP contribution in [0.5, 0.6) is 0 Å². The van der Waals surface area contributed by atoms with Gasteiger partial charge >= 0.3 is 0 Å². The number of nitro groups is 1. The van der Waals surface area contributed by atoms with Gasteiger partial charge in [-0.2, -0.15) is 0 Å². The minimum Gasteiger partial charge on any atom is -0.391 e. The molecule has 0 amide bonds. The van der Waals surface area contributed by atoms with Gasteiger partial charge in [-0.15, -0.1) is 0 Å². The van der Waals surface area contributed by atoms with Crippen LogP contribution in [-0.2, 0) is 0 Å². The first-order valence-electron chi connectivity index (χ1n) is 6.23. The molecule has 2 N–H and O–H groups in total. The van der Waals surface area contributed by atoms with Crippen LogP contribution in [0.4, 0.5) is 11.4 Å². The van der Waals surface area contributed by atoms with Gasteiger partial charge < -0.3 is 10.4 Å². The van der Waals surface area contributed by atoms with Crippen molar-refractivity contribution in [2.45, 2.75) is 33.3 Å². The van der Waals surface area contributed by atoms with E-state index >= 15 is 0 Å². The molecule has 0 aliphatic carbocycles. The molecule has 0 bridgehead atoms. The summed E-state index contributed by atoms with van der Waals surface area (Å²) in [6, 6.07) is 2.77. The van der Waals surface area contributed by atoms with E-state index in [1.54, 1.807) is 6.92 Å². The molecule has 0 radical (unpaired) electrons. The van der Waals surface area contributed by atoms with Gasteiger partial charge in [0.25, 0.3) is 5.69 Å². The number of nitrogens with one attached hydrogen (secondary N) is 1. The fourth-order valence-electron chi connectivity index (χ4n) is 1.74. The Morgan fingerprint density at radius 3 is 2.63 bits per heavy atom. The molecule has 6 heteroatoms. The first kappa shape index (κ1) is 15.7. The van der Waals surface area contributed by atoms with E-state index in [-0.39, 0.29) is 11.6 Å². The average molecular weight is 287 g/mol. The number of hydrogen-bond donors (Lipinski definition) is 2. The molecule has 1 aromatic rings. The van der Waals surface area contributed by atoms with Gasteiger partial charge in [0.15, 0.2) is 0 Å². The van der Waals surface area contributed by atoms with Crippen molar-refractivity contribution in [3.8, 4) is 0 Å². The van der Waals surface area contributed by atoms with Crippen molar-refractivity contribution in [2.75, 3.05) is 11.9 Å². The molecular formula is C13H19ClN2O3. The van der Waals surface area contributed by atoms with Crippen LogP contribution in [0.2, 0.25) is 5.02 Å². The summed E-state index contributed by atoms with van der Waals surface area (Å²) in [6.07, 6.45) is 0.409. The number of benzene rings is 1. The monoisotopic (exact) mass is 286 g/mol. The number of hydrogen-bond acceptors (Lipinski definition) is 4. The van der Waals surface area contributed by atoms with Gasteiger partial charge in [-0.1, -0.05) is 31.9 Å². The number of rotatable bonds is 6. The predicted molar refractivity (Wildman–Crippen MR) is 76.8 cm³/mol. The lowest BCUT2D eigenvalue weighted by Gasteiger charge is -2.19. The highest BCUT2D eigenvalue weighted by Crippen LogP contribution is 2.30. The second-order valence-corrected chi connectivity index (χ2v) is 5.12. The topological polar surface area (TPSA) is 75.4 Å². The summed E-state index contributed by atoms with van der Waals surface area (Å²) in [5.41, 5.74) is 1.29. The van der Waals surface area contributed by atoms with E-state index in [9.17, 15) is 15.2 Å². The molecule has 106 valence electrons. The Morgan fingerprint density at radius 2 is 2.16 bits per heavy atom. The van der Waals surface area contributed by atoms with Crippen molar-refractivity contribution >= 4 is 23.0 Å². The summed E-state index contributed by atoms with van der Waals surface area (Å²) in [4.78, 5) is 10.2. The zero-order valence-corrected chi connectivity index (χ0v) is 12.1. The Morgan fingerprint density at radius 1 is 1.53 bits per heavy atom. The van der Waals surface area contributed by atoms with Crippen LogP contribution in [0.3, 0.4) is 0 Å². The Balaban J connectivity index is 2.82. The first-order chi connectivity index (χ1) is 8.86. The second kappa shape index (κ2) is 6.73. The highest BCUT2D eigenvalue weighted by molar-refractivity contribution is 6.33. The molecule has 2 atom stereocenters. The minimum atomic E-state index is -0.476. The fraction of sp³-hybridized carbons (Fsp3) is 0.538. The van der Waals surface area contributed by atoms with Crippen LogP contribution in [0, 0.1) is 23.0 Å². The summed E-state index contributed by atoms with van der Waals surface area (Å²) in [6.45, 7) is 6.10. The van der Waals surface area contributed by atoms with Crippen molar-refractivity contribution in [2.24, 2.45) is 5.92 Å².